The van der Waals surface area contributed by atoms with Crippen molar-refractivity contribution in [2.45, 2.75) is 38.6 Å². The summed E-state index contributed by atoms with van der Waals surface area (Å²) in [6.45, 7) is 5.31. The van der Waals surface area contributed by atoms with E-state index in [-0.39, 0.29) is 11.6 Å². The summed E-state index contributed by atoms with van der Waals surface area (Å²) in [6, 6.07) is 3.50. The number of hydrogen-bond donors (Lipinski definition) is 1. The van der Waals surface area contributed by atoms with Gasteiger partial charge in [-0.2, -0.15) is 17.0 Å². The summed E-state index contributed by atoms with van der Waals surface area (Å²) in [5.74, 6) is 1.25. The molecule has 0 bridgehead atoms. The number of thiophene rings is 1. The van der Waals surface area contributed by atoms with Crippen LogP contribution in [0.25, 0.3) is 21.5 Å². The van der Waals surface area contributed by atoms with Crippen LogP contribution >= 0.6 is 11.3 Å². The second-order valence-corrected chi connectivity index (χ2v) is 11.5. The Morgan fingerprint density at radius 3 is 2.42 bits per heavy atom. The maximum atomic E-state index is 13.1. The van der Waals surface area contributed by atoms with E-state index < -0.39 is 10.2 Å². The fraction of sp³-hybridized carbons (Fsp3) is 0.545. The van der Waals surface area contributed by atoms with Crippen LogP contribution in [0.5, 0.6) is 0 Å². The van der Waals surface area contributed by atoms with Crippen LogP contribution in [0.3, 0.4) is 0 Å². The number of nitrogens with one attached hydrogen (secondary N) is 1. The largest absolute Gasteiger partial charge is 0.464 e. The van der Waals surface area contributed by atoms with E-state index in [1.54, 1.807) is 20.9 Å². The molecule has 2 saturated heterocycles. The zero-order valence-corrected chi connectivity index (χ0v) is 20.3. The van der Waals surface area contributed by atoms with Crippen molar-refractivity contribution in [1.82, 2.24) is 23.5 Å². The maximum absolute atomic E-state index is 13.1. The minimum Gasteiger partial charge on any atom is -0.464 e. The Kier molecular flexibility index (Phi) is 6.41. The highest BCUT2D eigenvalue weighted by Gasteiger charge is 2.34. The Hall–Kier alpha value is -2.05. The van der Waals surface area contributed by atoms with Gasteiger partial charge in [0.25, 0.3) is 15.8 Å². The van der Waals surface area contributed by atoms with Crippen molar-refractivity contribution >= 4 is 31.8 Å². The van der Waals surface area contributed by atoms with Crippen molar-refractivity contribution in [3.63, 3.8) is 0 Å². The van der Waals surface area contributed by atoms with Crippen LogP contribution in [0.1, 0.15) is 44.5 Å². The van der Waals surface area contributed by atoms with Gasteiger partial charge in [0.05, 0.1) is 17.7 Å². The van der Waals surface area contributed by atoms with E-state index in [1.165, 1.54) is 11.3 Å². The number of aromatic amines is 1. The van der Waals surface area contributed by atoms with Gasteiger partial charge in [0.1, 0.15) is 16.4 Å². The maximum Gasteiger partial charge on any atom is 0.282 e. The zero-order chi connectivity index (χ0) is 23.0. The van der Waals surface area contributed by atoms with Crippen molar-refractivity contribution in [1.29, 1.82) is 0 Å². The molecule has 9 nitrogen and oxygen atoms in total. The van der Waals surface area contributed by atoms with Gasteiger partial charge in [-0.05, 0) is 31.9 Å². The molecule has 178 valence electrons. The highest BCUT2D eigenvalue weighted by Crippen LogP contribution is 2.32. The van der Waals surface area contributed by atoms with Crippen LogP contribution in [-0.4, -0.2) is 71.2 Å². The second kappa shape index (κ2) is 9.30. The van der Waals surface area contributed by atoms with Gasteiger partial charge in [-0.15, -0.1) is 11.3 Å². The summed E-state index contributed by atoms with van der Waals surface area (Å²) in [4.78, 5) is 23.4. The third kappa shape index (κ3) is 4.40. The number of H-pyrrole nitrogens is 1. The Labute approximate surface area is 197 Å². The number of rotatable bonds is 5. The lowest BCUT2D eigenvalue weighted by molar-refractivity contribution is 0.137. The van der Waals surface area contributed by atoms with E-state index in [9.17, 15) is 13.2 Å². The SMILES string of the molecule is CC(c1nc2scc(-c3ccco3)c2c(=O)[nH]1)N1CCN(S(=O)(=O)N2CCCCCC2)CC1. The predicted molar refractivity (Wildman–Crippen MR) is 128 cm³/mol. The lowest BCUT2D eigenvalue weighted by Gasteiger charge is -2.38. The second-order valence-electron chi connectivity index (χ2n) is 8.69. The molecule has 11 heteroatoms. The van der Waals surface area contributed by atoms with Crippen LogP contribution < -0.4 is 5.56 Å². The molecule has 2 fully saturated rings. The van der Waals surface area contributed by atoms with E-state index in [2.05, 4.69) is 9.88 Å². The molecule has 0 amide bonds. The van der Waals surface area contributed by atoms with E-state index in [0.717, 1.165) is 31.2 Å². The molecule has 1 unspecified atom stereocenters. The highest BCUT2D eigenvalue weighted by molar-refractivity contribution is 7.86. The summed E-state index contributed by atoms with van der Waals surface area (Å²) in [5.41, 5.74) is 0.567. The van der Waals surface area contributed by atoms with Gasteiger partial charge >= 0.3 is 0 Å². The Morgan fingerprint density at radius 2 is 1.76 bits per heavy atom. The van der Waals surface area contributed by atoms with Crippen LogP contribution in [-0.2, 0) is 10.2 Å². The fourth-order valence-corrected chi connectivity index (χ4v) is 7.31. The molecular formula is C22H29N5O4S2. The molecule has 2 aliphatic heterocycles. The normalized spacial score (nSPS) is 20.8. The molecule has 2 aliphatic rings. The van der Waals surface area contributed by atoms with Gasteiger partial charge in [0.15, 0.2) is 0 Å². The number of fused-ring (bicyclic) bond motifs is 1. The highest BCUT2D eigenvalue weighted by atomic mass is 32.2. The Morgan fingerprint density at radius 1 is 1.06 bits per heavy atom. The molecule has 0 spiro atoms. The van der Waals surface area contributed by atoms with Gasteiger partial charge in [-0.25, -0.2) is 4.98 Å². The Bertz CT molecular complexity index is 1250. The Balaban J connectivity index is 1.30. The molecule has 3 aromatic rings. The number of piperazine rings is 1. The molecule has 5 rings (SSSR count). The molecule has 1 N–H and O–H groups in total. The molecule has 0 aromatic carbocycles. The smallest absolute Gasteiger partial charge is 0.282 e. The van der Waals surface area contributed by atoms with Crippen molar-refractivity contribution in [2.75, 3.05) is 39.3 Å². The number of nitrogens with zero attached hydrogens (tertiary/aromatic N) is 4. The minimum atomic E-state index is -3.42. The molecule has 1 atom stereocenters. The summed E-state index contributed by atoms with van der Waals surface area (Å²) in [7, 11) is -3.42. The van der Waals surface area contributed by atoms with Gasteiger partial charge in [-0.3, -0.25) is 9.69 Å². The lowest BCUT2D eigenvalue weighted by Crippen LogP contribution is -2.53. The van der Waals surface area contributed by atoms with Crippen molar-refractivity contribution in [3.8, 4) is 11.3 Å². The first-order chi connectivity index (χ1) is 15.9. The first-order valence-electron chi connectivity index (χ1n) is 11.5. The third-order valence-corrected chi connectivity index (χ3v) is 9.59. The first-order valence-corrected chi connectivity index (χ1v) is 13.8. The summed E-state index contributed by atoms with van der Waals surface area (Å²) in [6.07, 6.45) is 5.65. The van der Waals surface area contributed by atoms with Crippen LogP contribution in [0.15, 0.2) is 33.0 Å². The lowest BCUT2D eigenvalue weighted by atomic mass is 10.2. The molecule has 5 heterocycles. The summed E-state index contributed by atoms with van der Waals surface area (Å²) in [5, 5.41) is 2.44. The van der Waals surface area contributed by atoms with Gasteiger partial charge in [-0.1, -0.05) is 12.8 Å². The summed E-state index contributed by atoms with van der Waals surface area (Å²) >= 11 is 1.42. The molecular weight excluding hydrogens is 462 g/mol. The van der Waals surface area contributed by atoms with E-state index in [1.807, 2.05) is 18.4 Å². The van der Waals surface area contributed by atoms with E-state index in [0.29, 0.717) is 61.1 Å². The first kappa shape index (κ1) is 22.7. The summed E-state index contributed by atoms with van der Waals surface area (Å²) < 4.78 is 34.9. The minimum absolute atomic E-state index is 0.126. The molecule has 0 aliphatic carbocycles. The number of hydrogen-bond acceptors (Lipinski definition) is 7. The standard InChI is InChI=1S/C22H29N5O4S2/c1-16(20-23-21(28)19-17(15-32-22(19)24-20)18-7-6-14-31-18)25-10-12-27(13-11-25)33(29,30)26-8-4-2-3-5-9-26/h6-7,14-16H,2-5,8-13H2,1H3,(H,23,24,28). The van der Waals surface area contributed by atoms with Gasteiger partial charge in [0, 0.05) is 50.2 Å². The topological polar surface area (TPSA) is 103 Å². The van der Waals surface area contributed by atoms with Crippen LogP contribution in [0.2, 0.25) is 0 Å². The van der Waals surface area contributed by atoms with Crippen molar-refractivity contribution in [3.05, 3.63) is 40.0 Å². The molecule has 33 heavy (non-hydrogen) atoms. The zero-order valence-electron chi connectivity index (χ0n) is 18.7. The number of aromatic nitrogens is 2. The van der Waals surface area contributed by atoms with Gasteiger partial charge in [0.2, 0.25) is 0 Å². The molecule has 0 radical (unpaired) electrons. The third-order valence-electron chi connectivity index (χ3n) is 6.68. The van der Waals surface area contributed by atoms with Crippen LogP contribution in [0, 0.1) is 0 Å². The average Bonchev–Trinajstić information content (AvgIpc) is 3.41. The fourth-order valence-electron chi connectivity index (χ4n) is 4.71. The molecule has 0 saturated carbocycles. The quantitative estimate of drug-likeness (QED) is 0.589. The molecule has 3 aromatic heterocycles. The number of furan rings is 1. The van der Waals surface area contributed by atoms with E-state index in [4.69, 9.17) is 9.40 Å². The van der Waals surface area contributed by atoms with Crippen LogP contribution in [0.4, 0.5) is 0 Å². The van der Waals surface area contributed by atoms with Gasteiger partial charge < -0.3 is 9.40 Å². The van der Waals surface area contributed by atoms with Crippen molar-refractivity contribution in [2.24, 2.45) is 0 Å². The average molecular weight is 492 g/mol. The van der Waals surface area contributed by atoms with E-state index >= 15 is 0 Å². The monoisotopic (exact) mass is 491 g/mol. The predicted octanol–water partition coefficient (Wildman–Crippen LogP) is 3.04. The van der Waals surface area contributed by atoms with Crippen molar-refractivity contribution < 1.29 is 12.8 Å².